The van der Waals surface area contributed by atoms with Crippen LogP contribution in [0.4, 0.5) is 0 Å². The lowest BCUT2D eigenvalue weighted by Crippen LogP contribution is -2.14. The van der Waals surface area contributed by atoms with Gasteiger partial charge in [0.05, 0.1) is 0 Å². The lowest BCUT2D eigenvalue weighted by Gasteiger charge is -2.18. The second-order valence-corrected chi connectivity index (χ2v) is 3.34. The summed E-state index contributed by atoms with van der Waals surface area (Å²) in [5.74, 6) is 0.450. The van der Waals surface area contributed by atoms with Crippen LogP contribution in [0.5, 0.6) is 0 Å². The minimum atomic E-state index is -0.613. The third-order valence-electron chi connectivity index (χ3n) is 1.23. The molecule has 0 saturated heterocycles. The molecular formula is C7H8ClOS-. The van der Waals surface area contributed by atoms with Crippen LogP contribution in [0.3, 0.4) is 0 Å². The summed E-state index contributed by atoms with van der Waals surface area (Å²) in [5.41, 5.74) is 0. The van der Waals surface area contributed by atoms with E-state index in [4.69, 9.17) is 11.6 Å². The van der Waals surface area contributed by atoms with Gasteiger partial charge in [0.25, 0.3) is 0 Å². The predicted octanol–water partition coefficient (Wildman–Crippen LogP) is 1.78. The fourth-order valence-corrected chi connectivity index (χ4v) is 1.66. The van der Waals surface area contributed by atoms with Gasteiger partial charge in [-0.2, -0.15) is 11.3 Å². The molecule has 0 radical (unpaired) electrons. The van der Waals surface area contributed by atoms with E-state index in [0.29, 0.717) is 12.3 Å². The van der Waals surface area contributed by atoms with Crippen molar-refractivity contribution in [1.29, 1.82) is 0 Å². The van der Waals surface area contributed by atoms with Crippen molar-refractivity contribution in [3.05, 3.63) is 22.4 Å². The Bertz CT molecular complexity index is 174. The van der Waals surface area contributed by atoms with E-state index in [-0.39, 0.29) is 0 Å². The average molecular weight is 176 g/mol. The average Bonchev–Trinajstić information content (AvgIpc) is 2.38. The molecule has 0 fully saturated rings. The first-order chi connectivity index (χ1) is 4.84. The van der Waals surface area contributed by atoms with E-state index in [1.54, 1.807) is 0 Å². The summed E-state index contributed by atoms with van der Waals surface area (Å²) in [6, 6.07) is 3.74. The lowest BCUT2D eigenvalue weighted by molar-refractivity contribution is -0.425. The maximum absolute atomic E-state index is 11.1. The molecule has 1 aromatic heterocycles. The summed E-state index contributed by atoms with van der Waals surface area (Å²) in [6.07, 6.45) is -0.0836. The first-order valence-corrected chi connectivity index (χ1v) is 4.51. The Morgan fingerprint density at radius 3 is 3.00 bits per heavy atom. The Morgan fingerprint density at radius 1 is 1.70 bits per heavy atom. The molecule has 0 N–H and O–H groups in total. The number of thiophene rings is 1. The van der Waals surface area contributed by atoms with Gasteiger partial charge < -0.3 is 5.11 Å². The second-order valence-electron chi connectivity index (χ2n) is 1.98. The van der Waals surface area contributed by atoms with Gasteiger partial charge in [-0.1, -0.05) is 12.2 Å². The number of hydrogen-bond acceptors (Lipinski definition) is 2. The van der Waals surface area contributed by atoms with Gasteiger partial charge in [-0.25, -0.2) is 0 Å². The van der Waals surface area contributed by atoms with E-state index in [2.05, 4.69) is 0 Å². The Balaban J connectivity index is 2.50. The Morgan fingerprint density at radius 2 is 2.50 bits per heavy atom. The van der Waals surface area contributed by atoms with Crippen LogP contribution in [0, 0.1) is 0 Å². The van der Waals surface area contributed by atoms with E-state index in [1.807, 2.05) is 17.5 Å². The van der Waals surface area contributed by atoms with Crippen LogP contribution < -0.4 is 5.11 Å². The molecule has 0 aliphatic carbocycles. The van der Waals surface area contributed by atoms with Crippen molar-refractivity contribution < 1.29 is 5.11 Å². The van der Waals surface area contributed by atoms with Gasteiger partial charge in [-0.15, -0.1) is 11.6 Å². The number of alkyl halides is 1. The van der Waals surface area contributed by atoms with Crippen molar-refractivity contribution in [2.75, 3.05) is 5.88 Å². The van der Waals surface area contributed by atoms with Crippen LogP contribution in [0.15, 0.2) is 17.5 Å². The Labute approximate surface area is 69.3 Å². The zero-order valence-electron chi connectivity index (χ0n) is 5.42. The summed E-state index contributed by atoms with van der Waals surface area (Å²) in [6.45, 7) is 0. The number of halogens is 1. The van der Waals surface area contributed by atoms with Crippen LogP contribution in [-0.2, 0) is 0 Å². The van der Waals surface area contributed by atoms with Gasteiger partial charge in [0.15, 0.2) is 0 Å². The van der Waals surface area contributed by atoms with Crippen molar-refractivity contribution in [2.24, 2.45) is 0 Å². The summed E-state index contributed by atoms with van der Waals surface area (Å²) >= 11 is 6.92. The molecule has 0 aliphatic rings. The monoisotopic (exact) mass is 175 g/mol. The van der Waals surface area contributed by atoms with Crippen LogP contribution in [0.25, 0.3) is 0 Å². The first kappa shape index (κ1) is 8.05. The normalized spacial score (nSPS) is 13.4. The maximum atomic E-state index is 11.1. The van der Waals surface area contributed by atoms with Gasteiger partial charge in [-0.05, 0) is 22.7 Å². The Kier molecular flexibility index (Phi) is 3.19. The van der Waals surface area contributed by atoms with Crippen molar-refractivity contribution in [2.45, 2.75) is 12.5 Å². The van der Waals surface area contributed by atoms with Gasteiger partial charge in [0.2, 0.25) is 0 Å². The molecule has 1 nitrogen and oxygen atoms in total. The van der Waals surface area contributed by atoms with Crippen LogP contribution in [0.2, 0.25) is 0 Å². The molecule has 1 rings (SSSR count). The van der Waals surface area contributed by atoms with Crippen LogP contribution in [0.1, 0.15) is 17.4 Å². The molecule has 1 atom stereocenters. The molecule has 0 spiro atoms. The molecule has 0 aliphatic heterocycles. The number of rotatable bonds is 3. The van der Waals surface area contributed by atoms with Crippen molar-refractivity contribution in [1.82, 2.24) is 0 Å². The largest absolute Gasteiger partial charge is 0.848 e. The zero-order valence-corrected chi connectivity index (χ0v) is 6.99. The standard InChI is InChI=1S/C7H8ClOS/c8-4-3-6(9)7-2-1-5-10-7/h1-2,5-6H,3-4H2/q-1. The van der Waals surface area contributed by atoms with Gasteiger partial charge in [0, 0.05) is 5.88 Å². The predicted molar refractivity (Wildman–Crippen MR) is 42.4 cm³/mol. The summed E-state index contributed by atoms with van der Waals surface area (Å²) in [5, 5.41) is 13.0. The fourth-order valence-electron chi connectivity index (χ4n) is 0.716. The molecule has 1 heterocycles. The van der Waals surface area contributed by atoms with Gasteiger partial charge in [-0.3, -0.25) is 0 Å². The molecule has 10 heavy (non-hydrogen) atoms. The maximum Gasteiger partial charge on any atom is 0.0216 e. The topological polar surface area (TPSA) is 23.1 Å². The SMILES string of the molecule is [O-]C(CCCl)c1cccs1. The number of hydrogen-bond donors (Lipinski definition) is 0. The van der Waals surface area contributed by atoms with Crippen molar-refractivity contribution in [3.8, 4) is 0 Å². The molecule has 0 saturated carbocycles. The quantitative estimate of drug-likeness (QED) is 0.643. The van der Waals surface area contributed by atoms with E-state index in [0.717, 1.165) is 4.88 Å². The molecule has 56 valence electrons. The van der Waals surface area contributed by atoms with E-state index < -0.39 is 6.10 Å². The Hall–Kier alpha value is -0.0500. The third-order valence-corrected chi connectivity index (χ3v) is 2.41. The highest BCUT2D eigenvalue weighted by Gasteiger charge is 1.96. The summed E-state index contributed by atoms with van der Waals surface area (Å²) in [4.78, 5) is 0.889. The molecule has 1 unspecified atom stereocenters. The van der Waals surface area contributed by atoms with E-state index >= 15 is 0 Å². The highest BCUT2D eigenvalue weighted by atomic mass is 35.5. The molecule has 0 aromatic carbocycles. The molecule has 0 bridgehead atoms. The highest BCUT2D eigenvalue weighted by Crippen LogP contribution is 2.18. The smallest absolute Gasteiger partial charge is 0.0216 e. The molecule has 3 heteroatoms. The molecular weight excluding hydrogens is 168 g/mol. The molecule has 0 amide bonds. The van der Waals surface area contributed by atoms with Gasteiger partial charge >= 0.3 is 0 Å². The zero-order chi connectivity index (χ0) is 7.40. The minimum absolute atomic E-state index is 0.450. The van der Waals surface area contributed by atoms with Crippen LogP contribution in [-0.4, -0.2) is 5.88 Å². The summed E-state index contributed by atoms with van der Waals surface area (Å²) < 4.78 is 0. The van der Waals surface area contributed by atoms with E-state index in [9.17, 15) is 5.11 Å². The minimum Gasteiger partial charge on any atom is -0.848 e. The highest BCUT2D eigenvalue weighted by molar-refractivity contribution is 7.10. The molecule has 1 aromatic rings. The lowest BCUT2D eigenvalue weighted by atomic mass is 10.2. The van der Waals surface area contributed by atoms with Crippen molar-refractivity contribution in [3.63, 3.8) is 0 Å². The van der Waals surface area contributed by atoms with Gasteiger partial charge in [0.1, 0.15) is 0 Å². The third kappa shape index (κ3) is 1.97. The second kappa shape index (κ2) is 3.96. The van der Waals surface area contributed by atoms with Crippen molar-refractivity contribution >= 4 is 22.9 Å². The fraction of sp³-hybridized carbons (Fsp3) is 0.429. The van der Waals surface area contributed by atoms with Crippen LogP contribution >= 0.6 is 22.9 Å². The first-order valence-electron chi connectivity index (χ1n) is 3.10. The summed E-state index contributed by atoms with van der Waals surface area (Å²) in [7, 11) is 0. The van der Waals surface area contributed by atoms with E-state index in [1.165, 1.54) is 11.3 Å².